The number of H-pyrrole nitrogens is 1. The second kappa shape index (κ2) is 6.40. The maximum Gasteiger partial charge on any atom is 0.255 e. The molecule has 0 radical (unpaired) electrons. The molecule has 0 fully saturated rings. The van der Waals surface area contributed by atoms with E-state index in [4.69, 9.17) is 4.74 Å². The van der Waals surface area contributed by atoms with Crippen LogP contribution in [0.15, 0.2) is 65.6 Å². The van der Waals surface area contributed by atoms with Crippen LogP contribution in [0, 0.1) is 11.8 Å². The molecule has 25 heavy (non-hydrogen) atoms. The minimum atomic E-state index is -0.0224. The van der Waals surface area contributed by atoms with Crippen LogP contribution in [0.25, 0.3) is 11.1 Å². The van der Waals surface area contributed by atoms with Gasteiger partial charge >= 0.3 is 0 Å². The van der Waals surface area contributed by atoms with Gasteiger partial charge < -0.3 is 9.72 Å². The first-order valence-corrected chi connectivity index (χ1v) is 8.98. The van der Waals surface area contributed by atoms with Crippen molar-refractivity contribution in [3.8, 4) is 16.9 Å². The molecule has 4 atom stereocenters. The third-order valence-corrected chi connectivity index (χ3v) is 5.43. The van der Waals surface area contributed by atoms with Crippen molar-refractivity contribution in [2.45, 2.75) is 32.3 Å². The first kappa shape index (κ1) is 15.9. The molecule has 0 amide bonds. The molecule has 0 bridgehead atoms. The predicted octanol–water partition coefficient (Wildman–Crippen LogP) is 4.67. The van der Waals surface area contributed by atoms with Crippen molar-refractivity contribution in [2.75, 3.05) is 0 Å². The van der Waals surface area contributed by atoms with Gasteiger partial charge in [-0.15, -0.1) is 0 Å². The lowest BCUT2D eigenvalue weighted by Crippen LogP contribution is -2.41. The number of benzene rings is 1. The maximum absolute atomic E-state index is 12.7. The molecule has 4 unspecified atom stereocenters. The summed E-state index contributed by atoms with van der Waals surface area (Å²) in [5, 5.41) is 0. The Bertz CT molecular complexity index is 879. The zero-order chi connectivity index (χ0) is 17.4. The van der Waals surface area contributed by atoms with Gasteiger partial charge in [0, 0.05) is 23.6 Å². The number of fused-ring (bicyclic) bond motifs is 3. The summed E-state index contributed by atoms with van der Waals surface area (Å²) < 4.78 is 6.42. The Morgan fingerprint density at radius 1 is 1.24 bits per heavy atom. The fourth-order valence-electron chi connectivity index (χ4n) is 4.31. The Morgan fingerprint density at radius 2 is 2.04 bits per heavy atom. The van der Waals surface area contributed by atoms with Gasteiger partial charge in [0.25, 0.3) is 5.56 Å². The average Bonchev–Trinajstić information content (AvgIpc) is 2.63. The molecule has 2 heterocycles. The Kier molecular flexibility index (Phi) is 4.08. The Balaban J connectivity index is 1.95. The van der Waals surface area contributed by atoms with Crippen LogP contribution in [0.1, 0.15) is 31.7 Å². The van der Waals surface area contributed by atoms with Gasteiger partial charge in [0.15, 0.2) is 0 Å². The molecule has 1 aliphatic carbocycles. The predicted molar refractivity (Wildman–Crippen MR) is 101 cm³/mol. The number of hydrogen-bond donors (Lipinski definition) is 1. The van der Waals surface area contributed by atoms with E-state index in [9.17, 15) is 4.79 Å². The molecule has 4 rings (SSSR count). The fraction of sp³-hybridized carbons (Fsp3) is 0.318. The van der Waals surface area contributed by atoms with Crippen LogP contribution in [0.2, 0.25) is 0 Å². The normalized spacial score (nSPS) is 27.6. The number of aromatic amines is 1. The molecule has 1 aromatic heterocycles. The van der Waals surface area contributed by atoms with Crippen molar-refractivity contribution in [1.82, 2.24) is 4.98 Å². The number of ether oxygens (including phenoxy) is 1. The molecule has 3 nitrogen and oxygen atoms in total. The second-order valence-corrected chi connectivity index (χ2v) is 6.96. The van der Waals surface area contributed by atoms with Crippen molar-refractivity contribution in [3.63, 3.8) is 0 Å². The largest absolute Gasteiger partial charge is 0.485 e. The summed E-state index contributed by atoms with van der Waals surface area (Å²) >= 11 is 0. The number of allylic oxidation sites excluding steroid dienone is 3. The smallest absolute Gasteiger partial charge is 0.255 e. The topological polar surface area (TPSA) is 42.1 Å². The standard InChI is InChI=1S/C22H23NO2/c1-3-8-18-16-12-7-9-14(2)19(16)20-21(25-18)17(13-23-22(20)24)15-10-5-4-6-11-15/h3-11,13-14,16,18-19H,12H2,1-2H3,(H,23,24)/b8-3+. The van der Waals surface area contributed by atoms with E-state index >= 15 is 0 Å². The number of hydrogen-bond acceptors (Lipinski definition) is 2. The highest BCUT2D eigenvalue weighted by Gasteiger charge is 2.42. The van der Waals surface area contributed by atoms with Gasteiger partial charge in [-0.25, -0.2) is 0 Å². The molecule has 3 heteroatoms. The summed E-state index contributed by atoms with van der Waals surface area (Å²) in [5.74, 6) is 1.56. The molecule has 0 saturated heterocycles. The number of aromatic nitrogens is 1. The van der Waals surface area contributed by atoms with E-state index < -0.39 is 0 Å². The minimum absolute atomic E-state index is 0.000776. The maximum atomic E-state index is 12.7. The van der Waals surface area contributed by atoms with Gasteiger partial charge in [-0.05, 0) is 30.9 Å². The Morgan fingerprint density at radius 3 is 2.80 bits per heavy atom. The van der Waals surface area contributed by atoms with Crippen molar-refractivity contribution < 1.29 is 4.74 Å². The van der Waals surface area contributed by atoms with Crippen LogP contribution in [0.3, 0.4) is 0 Å². The minimum Gasteiger partial charge on any atom is -0.485 e. The molecule has 1 aromatic carbocycles. The van der Waals surface area contributed by atoms with Crippen molar-refractivity contribution in [2.24, 2.45) is 11.8 Å². The third kappa shape index (κ3) is 2.64. The zero-order valence-corrected chi connectivity index (χ0v) is 14.6. The molecule has 128 valence electrons. The molecular formula is C22H23NO2. The number of pyridine rings is 1. The molecular weight excluding hydrogens is 310 g/mol. The van der Waals surface area contributed by atoms with Gasteiger partial charge in [-0.1, -0.05) is 55.5 Å². The second-order valence-electron chi connectivity index (χ2n) is 6.96. The van der Waals surface area contributed by atoms with E-state index in [-0.39, 0.29) is 17.6 Å². The summed E-state index contributed by atoms with van der Waals surface area (Å²) in [5.41, 5.74) is 2.81. The number of rotatable bonds is 2. The van der Waals surface area contributed by atoms with Crippen LogP contribution in [-0.4, -0.2) is 11.1 Å². The van der Waals surface area contributed by atoms with Crippen LogP contribution in [0.5, 0.6) is 5.75 Å². The summed E-state index contributed by atoms with van der Waals surface area (Å²) in [6.45, 7) is 4.22. The molecule has 0 saturated carbocycles. The average molecular weight is 333 g/mol. The monoisotopic (exact) mass is 333 g/mol. The lowest BCUT2D eigenvalue weighted by Gasteiger charge is -2.42. The summed E-state index contributed by atoms with van der Waals surface area (Å²) in [4.78, 5) is 15.7. The quantitative estimate of drug-likeness (QED) is 0.811. The van der Waals surface area contributed by atoms with Gasteiger partial charge in [0.2, 0.25) is 0 Å². The van der Waals surface area contributed by atoms with Crippen LogP contribution in [-0.2, 0) is 0 Å². The molecule has 0 spiro atoms. The lowest BCUT2D eigenvalue weighted by atomic mass is 9.69. The van der Waals surface area contributed by atoms with Crippen LogP contribution in [0.4, 0.5) is 0 Å². The molecule has 2 aromatic rings. The van der Waals surface area contributed by atoms with Crippen molar-refractivity contribution in [1.29, 1.82) is 0 Å². The van der Waals surface area contributed by atoms with Gasteiger partial charge in [-0.3, -0.25) is 4.79 Å². The zero-order valence-electron chi connectivity index (χ0n) is 14.6. The van der Waals surface area contributed by atoms with Crippen LogP contribution < -0.4 is 10.3 Å². The first-order chi connectivity index (χ1) is 12.2. The van der Waals surface area contributed by atoms with Crippen molar-refractivity contribution >= 4 is 0 Å². The molecule has 1 N–H and O–H groups in total. The highest BCUT2D eigenvalue weighted by molar-refractivity contribution is 5.72. The Labute approximate surface area is 148 Å². The summed E-state index contributed by atoms with van der Waals surface area (Å²) in [7, 11) is 0. The highest BCUT2D eigenvalue weighted by atomic mass is 16.5. The molecule has 1 aliphatic heterocycles. The van der Waals surface area contributed by atoms with Crippen molar-refractivity contribution in [3.05, 3.63) is 76.8 Å². The fourth-order valence-corrected chi connectivity index (χ4v) is 4.31. The van der Waals surface area contributed by atoms with E-state index in [0.717, 1.165) is 28.9 Å². The number of nitrogens with one attached hydrogen (secondary N) is 1. The van der Waals surface area contributed by atoms with E-state index in [1.165, 1.54) is 0 Å². The highest BCUT2D eigenvalue weighted by Crippen LogP contribution is 2.49. The van der Waals surface area contributed by atoms with E-state index in [2.05, 4.69) is 42.3 Å². The summed E-state index contributed by atoms with van der Waals surface area (Å²) in [6.07, 6.45) is 11.4. The third-order valence-electron chi connectivity index (χ3n) is 5.43. The molecule has 2 aliphatic rings. The first-order valence-electron chi connectivity index (χ1n) is 8.98. The van der Waals surface area contributed by atoms with E-state index in [1.54, 1.807) is 6.20 Å². The Hall–Kier alpha value is -2.55. The van der Waals surface area contributed by atoms with Gasteiger partial charge in [-0.2, -0.15) is 0 Å². The lowest BCUT2D eigenvalue weighted by molar-refractivity contribution is 0.113. The van der Waals surface area contributed by atoms with E-state index in [0.29, 0.717) is 11.8 Å². The van der Waals surface area contributed by atoms with Gasteiger partial charge in [0.1, 0.15) is 11.9 Å². The SMILES string of the molecule is C/C=C/C1Oc2c(-c3ccccc3)c[nH]c(=O)c2C2C(C)C=CCC12. The summed E-state index contributed by atoms with van der Waals surface area (Å²) in [6, 6.07) is 10.1. The van der Waals surface area contributed by atoms with Gasteiger partial charge in [0.05, 0.1) is 5.56 Å². The van der Waals surface area contributed by atoms with E-state index in [1.807, 2.05) is 31.2 Å². The van der Waals surface area contributed by atoms with Crippen LogP contribution >= 0.6 is 0 Å².